The number of aliphatic hydroxyl groups excluding tert-OH is 1. The van der Waals surface area contributed by atoms with Gasteiger partial charge in [-0.2, -0.15) is 0 Å². The minimum atomic E-state index is -0.924. The molecular weight excluding hydrogens is 405 g/mol. The molecule has 0 radical (unpaired) electrons. The monoisotopic (exact) mass is 421 g/mol. The Labute approximate surface area is 178 Å². The largest absolute Gasteiger partial charge is 0.384 e. The van der Waals surface area contributed by atoms with E-state index in [9.17, 15) is 9.90 Å². The van der Waals surface area contributed by atoms with Gasteiger partial charge in [-0.05, 0) is 41.3 Å². The average molecular weight is 422 g/mol. The van der Waals surface area contributed by atoms with Crippen molar-refractivity contribution in [2.75, 3.05) is 5.32 Å². The van der Waals surface area contributed by atoms with E-state index in [4.69, 9.17) is 23.2 Å². The first-order valence-electron chi connectivity index (χ1n) is 9.05. The maximum Gasteiger partial charge on any atom is 0.256 e. The molecule has 4 aromatic rings. The maximum absolute atomic E-state index is 13.1. The number of halogens is 2. The molecule has 4 rings (SSSR count). The highest BCUT2D eigenvalue weighted by molar-refractivity contribution is 6.36. The third-order valence-corrected chi connectivity index (χ3v) is 5.35. The van der Waals surface area contributed by atoms with E-state index in [-0.39, 0.29) is 5.91 Å². The van der Waals surface area contributed by atoms with Gasteiger partial charge in [0.05, 0.1) is 0 Å². The Morgan fingerprint density at radius 2 is 1.55 bits per heavy atom. The van der Waals surface area contributed by atoms with Crippen molar-refractivity contribution < 1.29 is 9.90 Å². The first-order valence-corrected chi connectivity index (χ1v) is 9.81. The zero-order valence-corrected chi connectivity index (χ0v) is 16.8. The molecule has 3 nitrogen and oxygen atoms in total. The summed E-state index contributed by atoms with van der Waals surface area (Å²) in [6, 6.07) is 25.1. The number of rotatable bonds is 4. The van der Waals surface area contributed by atoms with Gasteiger partial charge in [-0.15, -0.1) is 0 Å². The van der Waals surface area contributed by atoms with Crippen LogP contribution in [0.2, 0.25) is 10.0 Å². The number of aliphatic hydroxyl groups is 1. The number of nitrogens with one attached hydrogen (secondary N) is 1. The summed E-state index contributed by atoms with van der Waals surface area (Å²) in [5.41, 5.74) is 2.23. The molecule has 0 heterocycles. The number of amides is 1. The Hall–Kier alpha value is -2.85. The molecule has 144 valence electrons. The number of hydrogen-bond acceptors (Lipinski definition) is 2. The van der Waals surface area contributed by atoms with Gasteiger partial charge in [-0.3, -0.25) is 4.79 Å². The van der Waals surface area contributed by atoms with Crippen LogP contribution in [0.4, 0.5) is 5.69 Å². The Balaban J connectivity index is 1.72. The predicted molar refractivity (Wildman–Crippen MR) is 119 cm³/mol. The van der Waals surface area contributed by atoms with Crippen LogP contribution in [0, 0.1) is 0 Å². The standard InChI is InChI=1S/C24H17Cl2NO2/c25-16-12-13-22(20(14-16)23(28)15-6-2-1-3-7-15)27-24(29)19-10-4-9-18-17(19)8-5-11-21(18)26/h1-14,23,28H,(H,27,29)/t23-/m1/s1. The Bertz CT molecular complexity index is 1190. The first kappa shape index (κ1) is 19.5. The van der Waals surface area contributed by atoms with E-state index in [1.807, 2.05) is 48.5 Å². The molecule has 4 aromatic carbocycles. The molecular formula is C24H17Cl2NO2. The fourth-order valence-electron chi connectivity index (χ4n) is 3.35. The van der Waals surface area contributed by atoms with E-state index in [1.54, 1.807) is 36.4 Å². The van der Waals surface area contributed by atoms with Crippen LogP contribution in [0.1, 0.15) is 27.6 Å². The third-order valence-electron chi connectivity index (χ3n) is 4.79. The van der Waals surface area contributed by atoms with Gasteiger partial charge in [0, 0.05) is 32.2 Å². The van der Waals surface area contributed by atoms with Crippen LogP contribution in [0.15, 0.2) is 84.9 Å². The second-order valence-electron chi connectivity index (χ2n) is 6.64. The molecule has 2 N–H and O–H groups in total. The van der Waals surface area contributed by atoms with E-state index < -0.39 is 6.10 Å². The lowest BCUT2D eigenvalue weighted by Crippen LogP contribution is -2.15. The van der Waals surface area contributed by atoms with Gasteiger partial charge in [-0.1, -0.05) is 77.8 Å². The van der Waals surface area contributed by atoms with Crippen LogP contribution >= 0.6 is 23.2 Å². The Kier molecular flexibility index (Phi) is 5.54. The molecule has 0 saturated heterocycles. The molecule has 5 heteroatoms. The van der Waals surface area contributed by atoms with E-state index in [1.165, 1.54) is 0 Å². The molecule has 0 unspecified atom stereocenters. The van der Waals surface area contributed by atoms with Gasteiger partial charge in [0.1, 0.15) is 6.10 Å². The molecule has 0 bridgehead atoms. The van der Waals surface area contributed by atoms with Crippen molar-refractivity contribution in [3.8, 4) is 0 Å². The Morgan fingerprint density at radius 3 is 2.34 bits per heavy atom. The van der Waals surface area contributed by atoms with Gasteiger partial charge < -0.3 is 10.4 Å². The minimum Gasteiger partial charge on any atom is -0.384 e. The average Bonchev–Trinajstić information content (AvgIpc) is 2.75. The lowest BCUT2D eigenvalue weighted by Gasteiger charge is -2.17. The second kappa shape index (κ2) is 8.26. The second-order valence-corrected chi connectivity index (χ2v) is 7.48. The van der Waals surface area contributed by atoms with E-state index in [2.05, 4.69) is 5.32 Å². The van der Waals surface area contributed by atoms with Gasteiger partial charge in [0.15, 0.2) is 0 Å². The zero-order valence-electron chi connectivity index (χ0n) is 15.3. The van der Waals surface area contributed by atoms with Crippen molar-refractivity contribution in [2.24, 2.45) is 0 Å². The number of carbonyl (C=O) groups is 1. The highest BCUT2D eigenvalue weighted by Gasteiger charge is 2.18. The fourth-order valence-corrected chi connectivity index (χ4v) is 3.77. The van der Waals surface area contributed by atoms with E-state index in [0.29, 0.717) is 32.4 Å². The lowest BCUT2D eigenvalue weighted by atomic mass is 9.99. The minimum absolute atomic E-state index is 0.290. The first-order chi connectivity index (χ1) is 14.0. The fraction of sp³-hybridized carbons (Fsp3) is 0.0417. The van der Waals surface area contributed by atoms with Crippen molar-refractivity contribution in [3.05, 3.63) is 112 Å². The van der Waals surface area contributed by atoms with Crippen LogP contribution < -0.4 is 5.32 Å². The summed E-state index contributed by atoms with van der Waals surface area (Å²) in [5, 5.41) is 16.4. The summed E-state index contributed by atoms with van der Waals surface area (Å²) in [7, 11) is 0. The maximum atomic E-state index is 13.1. The van der Waals surface area contributed by atoms with Crippen molar-refractivity contribution in [1.82, 2.24) is 0 Å². The molecule has 1 atom stereocenters. The molecule has 1 amide bonds. The van der Waals surface area contributed by atoms with Crippen molar-refractivity contribution in [1.29, 1.82) is 0 Å². The third kappa shape index (κ3) is 3.99. The van der Waals surface area contributed by atoms with Gasteiger partial charge in [0.25, 0.3) is 5.91 Å². The summed E-state index contributed by atoms with van der Waals surface area (Å²) in [5.74, 6) is -0.290. The number of fused-ring (bicyclic) bond motifs is 1. The van der Waals surface area contributed by atoms with Crippen LogP contribution in [0.25, 0.3) is 10.8 Å². The zero-order chi connectivity index (χ0) is 20.4. The van der Waals surface area contributed by atoms with Crippen LogP contribution in [0.5, 0.6) is 0 Å². The summed E-state index contributed by atoms with van der Waals surface area (Å²) in [6.45, 7) is 0. The smallest absolute Gasteiger partial charge is 0.256 e. The number of carbonyl (C=O) groups excluding carboxylic acids is 1. The Morgan fingerprint density at radius 1 is 0.828 bits per heavy atom. The van der Waals surface area contributed by atoms with Crippen molar-refractivity contribution >= 4 is 45.6 Å². The highest BCUT2D eigenvalue weighted by atomic mass is 35.5. The van der Waals surface area contributed by atoms with Crippen molar-refractivity contribution in [3.63, 3.8) is 0 Å². The highest BCUT2D eigenvalue weighted by Crippen LogP contribution is 2.32. The van der Waals surface area contributed by atoms with E-state index in [0.717, 1.165) is 10.8 Å². The summed E-state index contributed by atoms with van der Waals surface area (Å²) >= 11 is 12.4. The molecule has 0 aliphatic rings. The molecule has 0 saturated carbocycles. The van der Waals surface area contributed by atoms with Gasteiger partial charge >= 0.3 is 0 Å². The number of anilines is 1. The molecule has 29 heavy (non-hydrogen) atoms. The van der Waals surface area contributed by atoms with E-state index >= 15 is 0 Å². The predicted octanol–water partition coefficient (Wildman–Crippen LogP) is 6.48. The quantitative estimate of drug-likeness (QED) is 0.396. The number of hydrogen-bond donors (Lipinski definition) is 2. The molecule has 0 aromatic heterocycles. The molecule has 0 aliphatic carbocycles. The van der Waals surface area contributed by atoms with Gasteiger partial charge in [-0.25, -0.2) is 0 Å². The molecule has 0 fully saturated rings. The topological polar surface area (TPSA) is 49.3 Å². The molecule has 0 aliphatic heterocycles. The van der Waals surface area contributed by atoms with Crippen LogP contribution in [0.3, 0.4) is 0 Å². The SMILES string of the molecule is O=C(Nc1ccc(Cl)cc1[C@H](O)c1ccccc1)c1cccc2c(Cl)cccc12. The van der Waals surface area contributed by atoms with Crippen LogP contribution in [-0.2, 0) is 0 Å². The lowest BCUT2D eigenvalue weighted by molar-refractivity contribution is 0.102. The summed E-state index contributed by atoms with van der Waals surface area (Å²) in [4.78, 5) is 13.1. The number of benzene rings is 4. The van der Waals surface area contributed by atoms with Crippen LogP contribution in [-0.4, -0.2) is 11.0 Å². The normalized spacial score (nSPS) is 12.0. The summed E-state index contributed by atoms with van der Waals surface area (Å²) in [6.07, 6.45) is -0.924. The summed E-state index contributed by atoms with van der Waals surface area (Å²) < 4.78 is 0. The van der Waals surface area contributed by atoms with Gasteiger partial charge in [0.2, 0.25) is 0 Å². The molecule has 0 spiro atoms. The van der Waals surface area contributed by atoms with Crippen molar-refractivity contribution in [2.45, 2.75) is 6.10 Å².